The molecule has 0 unspecified atom stereocenters. The maximum atomic E-state index is 12.3. The maximum absolute atomic E-state index is 12.3. The molecule has 0 radical (unpaired) electrons. The molecule has 0 amide bonds. The minimum Gasteiger partial charge on any atom is -0.397 e. The van der Waals surface area contributed by atoms with Gasteiger partial charge >= 0.3 is 0 Å². The van der Waals surface area contributed by atoms with E-state index in [2.05, 4.69) is 20.3 Å². The number of rotatable bonds is 9. The molecule has 0 aliphatic carbocycles. The second-order valence-corrected chi connectivity index (χ2v) is 8.20. The summed E-state index contributed by atoms with van der Waals surface area (Å²) in [6.45, 7) is 0. The number of nitrogens with zero attached hydrogens (tertiary/aromatic N) is 2. The third kappa shape index (κ3) is 6.08. The molecule has 0 atom stereocenters. The van der Waals surface area contributed by atoms with Crippen molar-refractivity contribution in [3.63, 3.8) is 0 Å². The van der Waals surface area contributed by atoms with Gasteiger partial charge in [0.05, 0.1) is 22.4 Å². The second kappa shape index (κ2) is 10.9. The van der Waals surface area contributed by atoms with Gasteiger partial charge < -0.3 is 16.0 Å². The van der Waals surface area contributed by atoms with E-state index in [1.54, 1.807) is 0 Å². The maximum Gasteiger partial charge on any atom is 0.207 e. The van der Waals surface area contributed by atoms with Crippen LogP contribution in [0.5, 0.6) is 0 Å². The van der Waals surface area contributed by atoms with Gasteiger partial charge in [0.25, 0.3) is 0 Å². The van der Waals surface area contributed by atoms with E-state index in [4.69, 9.17) is 11.1 Å². The molecular weight excluding hydrogens is 444 g/mol. The molecule has 0 spiro atoms. The summed E-state index contributed by atoms with van der Waals surface area (Å²) in [5.41, 5.74) is 9.05. The molecule has 0 aliphatic heterocycles. The number of aromatic nitrogens is 2. The molecule has 4 aromatic rings. The zero-order valence-electron chi connectivity index (χ0n) is 18.1. The molecule has 5 N–H and O–H groups in total. The largest absolute Gasteiger partial charge is 0.397 e. The van der Waals surface area contributed by atoms with Crippen molar-refractivity contribution < 1.29 is 4.79 Å². The third-order valence-electron chi connectivity index (χ3n) is 4.67. The van der Waals surface area contributed by atoms with E-state index < -0.39 is 5.78 Å². The average Bonchev–Trinajstić information content (AvgIpc) is 3.26. The Hall–Kier alpha value is -4.43. The first-order chi connectivity index (χ1) is 16.6. The van der Waals surface area contributed by atoms with E-state index in [1.807, 2.05) is 78.9 Å². The van der Waals surface area contributed by atoms with Gasteiger partial charge in [0.1, 0.15) is 5.71 Å². The highest BCUT2D eigenvalue weighted by molar-refractivity contribution is 7.99. The Balaban J connectivity index is 1.33. The summed E-state index contributed by atoms with van der Waals surface area (Å²) in [7, 11) is 0. The highest BCUT2D eigenvalue weighted by Gasteiger charge is 2.08. The molecule has 0 bridgehead atoms. The van der Waals surface area contributed by atoms with Crippen LogP contribution in [0.15, 0.2) is 118 Å². The number of aliphatic imine (C=N–C) groups is 1. The fourth-order valence-electron chi connectivity index (χ4n) is 2.98. The van der Waals surface area contributed by atoms with Crippen molar-refractivity contribution in [2.24, 2.45) is 10.7 Å². The van der Waals surface area contributed by atoms with Crippen molar-refractivity contribution in [2.75, 3.05) is 5.32 Å². The number of benzene rings is 3. The number of anilines is 1. The Bertz CT molecular complexity index is 1370. The SMILES string of the molecule is N=C(C(=O)C=CNc1cccc(Sc2nc3ccccc3[nH]2)c1)C(N)=CC=Nc1ccccc1. The monoisotopic (exact) mass is 466 g/mol. The molecule has 7 nitrogen and oxygen atoms in total. The lowest BCUT2D eigenvalue weighted by molar-refractivity contribution is -0.108. The van der Waals surface area contributed by atoms with Crippen LogP contribution in [-0.4, -0.2) is 27.7 Å². The van der Waals surface area contributed by atoms with Crippen molar-refractivity contribution >= 4 is 51.9 Å². The molecule has 1 heterocycles. The van der Waals surface area contributed by atoms with E-state index in [0.717, 1.165) is 32.5 Å². The number of carbonyl (C=O) groups is 1. The number of carbonyl (C=O) groups excluding carboxylic acids is 1. The lowest BCUT2D eigenvalue weighted by atomic mass is 10.2. The van der Waals surface area contributed by atoms with Crippen LogP contribution < -0.4 is 11.1 Å². The number of nitrogens with two attached hydrogens (primary N) is 1. The molecule has 1 aromatic heterocycles. The van der Waals surface area contributed by atoms with Crippen molar-refractivity contribution in [3.8, 4) is 0 Å². The summed E-state index contributed by atoms with van der Waals surface area (Å²) >= 11 is 1.51. The van der Waals surface area contributed by atoms with Crippen LogP contribution in [0, 0.1) is 5.41 Å². The number of allylic oxidation sites excluding steroid dienone is 3. The number of aromatic amines is 1. The van der Waals surface area contributed by atoms with Gasteiger partial charge in [-0.15, -0.1) is 0 Å². The van der Waals surface area contributed by atoms with Crippen molar-refractivity contribution in [1.82, 2.24) is 9.97 Å². The minimum absolute atomic E-state index is 0.0403. The van der Waals surface area contributed by atoms with E-state index >= 15 is 0 Å². The number of fused-ring (bicyclic) bond motifs is 1. The smallest absolute Gasteiger partial charge is 0.207 e. The van der Waals surface area contributed by atoms with Gasteiger partial charge in [-0.25, -0.2) is 4.98 Å². The highest BCUT2D eigenvalue weighted by atomic mass is 32.2. The van der Waals surface area contributed by atoms with Crippen LogP contribution in [0.4, 0.5) is 11.4 Å². The first kappa shape index (κ1) is 22.8. The molecule has 4 rings (SSSR count). The third-order valence-corrected chi connectivity index (χ3v) is 5.55. The Kier molecular flexibility index (Phi) is 7.32. The van der Waals surface area contributed by atoms with Crippen LogP contribution in [0.1, 0.15) is 0 Å². The molecule has 0 aliphatic rings. The summed E-state index contributed by atoms with van der Waals surface area (Å²) < 4.78 is 0. The predicted octanol–water partition coefficient (Wildman–Crippen LogP) is 5.47. The number of H-pyrrole nitrogens is 1. The highest BCUT2D eigenvalue weighted by Crippen LogP contribution is 2.28. The Morgan fingerprint density at radius 1 is 1.06 bits per heavy atom. The van der Waals surface area contributed by atoms with Crippen molar-refractivity contribution in [2.45, 2.75) is 10.1 Å². The van der Waals surface area contributed by atoms with E-state index in [9.17, 15) is 4.79 Å². The summed E-state index contributed by atoms with van der Waals surface area (Å²) in [6.07, 6.45) is 5.68. The van der Waals surface area contributed by atoms with E-state index in [0.29, 0.717) is 0 Å². The van der Waals surface area contributed by atoms with Crippen LogP contribution in [-0.2, 0) is 4.79 Å². The lowest BCUT2D eigenvalue weighted by Gasteiger charge is -2.04. The van der Waals surface area contributed by atoms with Crippen LogP contribution >= 0.6 is 11.8 Å². The number of nitrogens with one attached hydrogen (secondary N) is 3. The van der Waals surface area contributed by atoms with Crippen LogP contribution in [0.2, 0.25) is 0 Å². The van der Waals surface area contributed by atoms with E-state index in [-0.39, 0.29) is 11.4 Å². The zero-order chi connectivity index (χ0) is 23.8. The van der Waals surface area contributed by atoms with Gasteiger partial charge in [-0.05, 0) is 48.5 Å². The van der Waals surface area contributed by atoms with Gasteiger partial charge in [-0.3, -0.25) is 15.2 Å². The molecular formula is C26H22N6OS. The Morgan fingerprint density at radius 3 is 2.68 bits per heavy atom. The average molecular weight is 467 g/mol. The number of hydrogen-bond acceptors (Lipinski definition) is 7. The lowest BCUT2D eigenvalue weighted by Crippen LogP contribution is -2.19. The normalized spacial score (nSPS) is 11.9. The first-order valence-corrected chi connectivity index (χ1v) is 11.2. The quantitative estimate of drug-likeness (QED) is 0.192. The number of imidazole rings is 1. The van der Waals surface area contributed by atoms with Crippen LogP contribution in [0.25, 0.3) is 11.0 Å². The molecule has 168 valence electrons. The summed E-state index contributed by atoms with van der Waals surface area (Å²) in [6, 6.07) is 24.9. The predicted molar refractivity (Wildman–Crippen MR) is 139 cm³/mol. The van der Waals surface area contributed by atoms with Gasteiger partial charge in [-0.1, -0.05) is 48.2 Å². The van der Waals surface area contributed by atoms with Gasteiger partial charge in [-0.2, -0.15) is 0 Å². The van der Waals surface area contributed by atoms with Gasteiger partial charge in [0, 0.05) is 29.1 Å². The number of ketones is 1. The van der Waals surface area contributed by atoms with Gasteiger partial charge in [0.15, 0.2) is 5.16 Å². The molecule has 34 heavy (non-hydrogen) atoms. The number of hydrogen-bond donors (Lipinski definition) is 4. The standard InChI is InChI=1S/C26H22N6OS/c27-21(13-15-29-18-7-2-1-3-8-18)25(28)24(33)14-16-30-19-9-6-10-20(17-19)34-26-31-22-11-4-5-12-23(22)32-26/h1-17,28,30H,27H2,(H,31,32). The van der Waals surface area contributed by atoms with E-state index in [1.165, 1.54) is 36.3 Å². The van der Waals surface area contributed by atoms with Gasteiger partial charge in [0.2, 0.25) is 5.78 Å². The zero-order valence-corrected chi connectivity index (χ0v) is 18.9. The molecule has 8 heteroatoms. The summed E-state index contributed by atoms with van der Waals surface area (Å²) in [5, 5.41) is 11.8. The van der Waals surface area contributed by atoms with Crippen LogP contribution in [0.3, 0.4) is 0 Å². The molecule has 0 fully saturated rings. The summed E-state index contributed by atoms with van der Waals surface area (Å²) in [4.78, 5) is 25.3. The first-order valence-electron chi connectivity index (χ1n) is 10.4. The van der Waals surface area contributed by atoms with Crippen molar-refractivity contribution in [3.05, 3.63) is 103 Å². The summed E-state index contributed by atoms with van der Waals surface area (Å²) in [5.74, 6) is -0.512. The fourth-order valence-corrected chi connectivity index (χ4v) is 3.84. The molecule has 3 aromatic carbocycles. The minimum atomic E-state index is -0.512. The topological polar surface area (TPSA) is 120 Å². The second-order valence-electron chi connectivity index (χ2n) is 7.14. The van der Waals surface area contributed by atoms with Crippen molar-refractivity contribution in [1.29, 1.82) is 5.41 Å². The fraction of sp³-hybridized carbons (Fsp3) is 0. The Morgan fingerprint density at radius 2 is 1.85 bits per heavy atom. The molecule has 0 saturated carbocycles. The Labute approximate surface area is 201 Å². The molecule has 0 saturated heterocycles. The number of para-hydroxylation sites is 3.